The van der Waals surface area contributed by atoms with Crippen LogP contribution in [0.2, 0.25) is 4.34 Å². The second kappa shape index (κ2) is 13.2. The van der Waals surface area contributed by atoms with Crippen LogP contribution < -0.4 is 10.6 Å². The number of alkyl halides is 1. The number of aromatic hydroxyl groups is 1. The Balaban J connectivity index is 0.000000162. The first-order valence-electron chi connectivity index (χ1n) is 15.6. The highest BCUT2D eigenvalue weighted by molar-refractivity contribution is 7.21. The predicted octanol–water partition coefficient (Wildman–Crippen LogP) is 9.56. The van der Waals surface area contributed by atoms with E-state index in [9.17, 15) is 33.1 Å². The highest BCUT2D eigenvalue weighted by Crippen LogP contribution is 2.50. The molecule has 2 amide bonds. The van der Waals surface area contributed by atoms with Crippen molar-refractivity contribution in [3.8, 4) is 28.0 Å². The second-order valence-corrected chi connectivity index (χ2v) is 14.6. The molecule has 4 aromatic carbocycles. The lowest BCUT2D eigenvalue weighted by molar-refractivity contribution is -0.125. The Morgan fingerprint density at radius 3 is 1.96 bits per heavy atom. The van der Waals surface area contributed by atoms with Gasteiger partial charge in [-0.2, -0.15) is 0 Å². The molecule has 4 heterocycles. The molecule has 0 bridgehead atoms. The number of carbonyl (C=O) groups is 4. The van der Waals surface area contributed by atoms with Crippen LogP contribution in [0.5, 0.6) is 5.75 Å². The second-order valence-electron chi connectivity index (χ2n) is 12.1. The Kier molecular flexibility index (Phi) is 8.85. The average molecular weight is 757 g/mol. The van der Waals surface area contributed by atoms with E-state index in [0.717, 1.165) is 34.8 Å². The molecule has 2 aliphatic heterocycles. The Hall–Kier alpha value is -5.56. The van der Waals surface area contributed by atoms with Crippen LogP contribution in [0.4, 0.5) is 23.2 Å². The number of halogens is 4. The van der Waals surface area contributed by atoms with Crippen molar-refractivity contribution in [3.05, 3.63) is 147 Å². The highest BCUT2D eigenvalue weighted by Gasteiger charge is 2.54. The number of anilines is 2. The fraction of sp³-hybridized carbons (Fsp3) is 0.0769. The lowest BCUT2D eigenvalue weighted by Gasteiger charge is -2.31. The molecular weight excluding hydrogens is 733 g/mol. The fourth-order valence-electron chi connectivity index (χ4n) is 6.23. The van der Waals surface area contributed by atoms with Crippen LogP contribution in [0.15, 0.2) is 109 Å². The van der Waals surface area contributed by atoms with Gasteiger partial charge < -0.3 is 15.7 Å². The summed E-state index contributed by atoms with van der Waals surface area (Å²) in [4.78, 5) is 51.6. The minimum Gasteiger partial charge on any atom is -0.507 e. The van der Waals surface area contributed by atoms with E-state index in [-0.39, 0.29) is 38.8 Å². The Labute approximate surface area is 307 Å². The molecule has 6 aromatic rings. The number of amides is 2. The molecule has 0 spiro atoms. The summed E-state index contributed by atoms with van der Waals surface area (Å²) in [6.07, 6.45) is 0. The molecule has 3 N–H and O–H groups in total. The quantitative estimate of drug-likeness (QED) is 0.155. The molecule has 0 saturated carbocycles. The van der Waals surface area contributed by atoms with Crippen LogP contribution in [0.3, 0.4) is 0 Å². The van der Waals surface area contributed by atoms with Gasteiger partial charge in [0.2, 0.25) is 11.7 Å². The van der Waals surface area contributed by atoms with E-state index in [0.29, 0.717) is 31.6 Å². The molecule has 260 valence electrons. The molecule has 2 unspecified atom stereocenters. The van der Waals surface area contributed by atoms with Crippen molar-refractivity contribution in [2.75, 3.05) is 10.6 Å². The van der Waals surface area contributed by atoms with E-state index < -0.39 is 40.3 Å². The number of hydrogen-bond acceptors (Lipinski definition) is 7. The molecule has 0 saturated heterocycles. The topological polar surface area (TPSA) is 113 Å². The van der Waals surface area contributed by atoms with Crippen molar-refractivity contribution in [3.63, 3.8) is 0 Å². The van der Waals surface area contributed by atoms with Crippen molar-refractivity contribution in [2.45, 2.75) is 18.0 Å². The smallest absolute Gasteiger partial charge is 0.275 e. The first-order chi connectivity index (χ1) is 24.8. The van der Waals surface area contributed by atoms with Crippen LogP contribution in [0, 0.1) is 11.6 Å². The molecule has 7 nitrogen and oxygen atoms in total. The minimum atomic E-state index is -2.88. The normalized spacial score (nSPS) is 19.2. The molecular formula is C39H24ClF3N2O5S2. The van der Waals surface area contributed by atoms with Gasteiger partial charge in [-0.15, -0.1) is 22.7 Å². The van der Waals surface area contributed by atoms with Crippen molar-refractivity contribution in [2.24, 2.45) is 0 Å². The van der Waals surface area contributed by atoms with E-state index in [1.54, 1.807) is 49.4 Å². The Morgan fingerprint density at radius 1 is 0.673 bits per heavy atom. The van der Waals surface area contributed by atoms with Gasteiger partial charge in [0, 0.05) is 33.7 Å². The molecule has 13 heteroatoms. The first kappa shape index (κ1) is 34.9. The number of carbonyl (C=O) groups excluding carboxylic acids is 4. The van der Waals surface area contributed by atoms with Gasteiger partial charge in [-0.05, 0) is 42.3 Å². The third-order valence-electron chi connectivity index (χ3n) is 8.98. The fourth-order valence-corrected chi connectivity index (χ4v) is 8.55. The van der Waals surface area contributed by atoms with E-state index in [2.05, 4.69) is 10.6 Å². The van der Waals surface area contributed by atoms with Gasteiger partial charge in [0.05, 0.1) is 11.1 Å². The number of rotatable bonds is 4. The van der Waals surface area contributed by atoms with Gasteiger partial charge in [0.25, 0.3) is 11.6 Å². The molecule has 0 aliphatic carbocycles. The maximum atomic E-state index is 15.6. The summed E-state index contributed by atoms with van der Waals surface area (Å²) in [5, 5.41) is 17.4. The Bertz CT molecular complexity index is 2440. The summed E-state index contributed by atoms with van der Waals surface area (Å²) >= 11 is 8.52. The Morgan fingerprint density at radius 2 is 1.31 bits per heavy atom. The lowest BCUT2D eigenvalue weighted by Crippen LogP contribution is -2.48. The highest BCUT2D eigenvalue weighted by atomic mass is 35.5. The van der Waals surface area contributed by atoms with E-state index in [1.165, 1.54) is 47.8 Å². The zero-order valence-corrected chi connectivity index (χ0v) is 29.2. The largest absolute Gasteiger partial charge is 0.507 e. The summed E-state index contributed by atoms with van der Waals surface area (Å²) in [7, 11) is 0. The van der Waals surface area contributed by atoms with Gasteiger partial charge in [-0.3, -0.25) is 19.2 Å². The number of fused-ring (bicyclic) bond motifs is 2. The van der Waals surface area contributed by atoms with Crippen molar-refractivity contribution in [1.82, 2.24) is 0 Å². The van der Waals surface area contributed by atoms with Crippen LogP contribution in [0.1, 0.15) is 38.8 Å². The number of benzene rings is 4. The molecule has 2 atom stereocenters. The summed E-state index contributed by atoms with van der Waals surface area (Å²) in [6.45, 7) is 1.60. The lowest BCUT2D eigenvalue weighted by atomic mass is 9.73. The van der Waals surface area contributed by atoms with Crippen molar-refractivity contribution >= 4 is 67.7 Å². The summed E-state index contributed by atoms with van der Waals surface area (Å²) < 4.78 is 42.9. The minimum absolute atomic E-state index is 0.0390. The SMILES string of the molecule is CC1(c2ccccc2)C(=O)Nc2sc(Cl)c(-c3cccc(F)c3)c2C1=O.O=C1Nc2scc(-c3ccc(F)cc3O)c2C(=O)C1(F)c1ccccc1. The van der Waals surface area contributed by atoms with Crippen molar-refractivity contribution in [1.29, 1.82) is 0 Å². The zero-order valence-electron chi connectivity index (χ0n) is 26.8. The third kappa shape index (κ3) is 5.59. The maximum absolute atomic E-state index is 15.6. The van der Waals surface area contributed by atoms with E-state index in [1.807, 2.05) is 6.07 Å². The summed E-state index contributed by atoms with van der Waals surface area (Å²) in [5.74, 6) is -4.25. The standard InChI is InChI=1S/C20H13ClFNO2S.C19H11F2NO3S/c1-20(12-7-3-2-4-8-12)16(24)15-14(11-6-5-9-13(22)10-11)17(21)26-18(15)23-19(20)25;20-11-6-7-12(14(23)8-11)13-9-26-17-15(13)16(24)19(21,18(25)22-17)10-4-2-1-3-5-10/h2-10H,1H3,(H,23,25);1-9,23H,(H,22,25). The molecule has 52 heavy (non-hydrogen) atoms. The third-order valence-corrected chi connectivity index (χ3v) is 11.2. The maximum Gasteiger partial charge on any atom is 0.275 e. The molecule has 2 aliphatic rings. The van der Waals surface area contributed by atoms with E-state index in [4.69, 9.17) is 11.6 Å². The van der Waals surface area contributed by atoms with Crippen LogP contribution in [-0.4, -0.2) is 28.5 Å². The number of thiophene rings is 2. The van der Waals surface area contributed by atoms with Gasteiger partial charge in [0.1, 0.15) is 37.1 Å². The molecule has 2 aromatic heterocycles. The first-order valence-corrected chi connectivity index (χ1v) is 17.6. The number of phenolic OH excluding ortho intramolecular Hbond substituents is 1. The van der Waals surface area contributed by atoms with Gasteiger partial charge in [-0.1, -0.05) is 84.4 Å². The van der Waals surface area contributed by atoms with Crippen LogP contribution in [0.25, 0.3) is 22.3 Å². The number of hydrogen-bond donors (Lipinski definition) is 3. The average Bonchev–Trinajstić information content (AvgIpc) is 3.70. The monoisotopic (exact) mass is 756 g/mol. The molecule has 0 radical (unpaired) electrons. The zero-order chi connectivity index (χ0) is 36.9. The van der Waals surface area contributed by atoms with Gasteiger partial charge >= 0.3 is 0 Å². The van der Waals surface area contributed by atoms with Gasteiger partial charge in [0.15, 0.2) is 5.78 Å². The molecule has 0 fully saturated rings. The van der Waals surface area contributed by atoms with Crippen LogP contribution in [-0.2, 0) is 20.7 Å². The van der Waals surface area contributed by atoms with Crippen LogP contribution >= 0.6 is 34.3 Å². The summed E-state index contributed by atoms with van der Waals surface area (Å²) in [5.41, 5.74) is -2.05. The summed E-state index contributed by atoms with van der Waals surface area (Å²) in [6, 6.07) is 25.6. The van der Waals surface area contributed by atoms with Gasteiger partial charge in [-0.25, -0.2) is 13.2 Å². The number of Topliss-reactive ketones (excluding diaryl/α,β-unsaturated/α-hetero) is 2. The predicted molar refractivity (Wildman–Crippen MR) is 195 cm³/mol. The number of ketones is 2. The number of phenols is 1. The number of nitrogens with one attached hydrogen (secondary N) is 2. The van der Waals surface area contributed by atoms with Crippen molar-refractivity contribution < 1.29 is 37.5 Å². The molecule has 8 rings (SSSR count). The van der Waals surface area contributed by atoms with E-state index >= 15 is 4.39 Å².